The van der Waals surface area contributed by atoms with Gasteiger partial charge in [0.2, 0.25) is 5.91 Å². The number of anilines is 1. The lowest BCUT2D eigenvalue weighted by atomic mass is 10.1. The molecule has 5 rings (SSSR count). The molecule has 37 heavy (non-hydrogen) atoms. The quantitative estimate of drug-likeness (QED) is 0.216. The van der Waals surface area contributed by atoms with Crippen LogP contribution in [0.3, 0.4) is 0 Å². The first-order chi connectivity index (χ1) is 18.1. The second-order valence-corrected chi connectivity index (χ2v) is 10.4. The molecule has 2 heterocycles. The normalized spacial score (nSPS) is 10.9. The lowest BCUT2D eigenvalue weighted by molar-refractivity contribution is -0.113. The Balaban J connectivity index is 1.29. The minimum Gasteiger partial charge on any atom is -0.497 e. The summed E-state index contributed by atoms with van der Waals surface area (Å²) in [5, 5.41) is 13.6. The van der Waals surface area contributed by atoms with Crippen molar-refractivity contribution in [2.24, 2.45) is 0 Å². The molecule has 2 aromatic heterocycles. The van der Waals surface area contributed by atoms with Crippen molar-refractivity contribution < 1.29 is 9.53 Å². The molecule has 0 aliphatic rings. The van der Waals surface area contributed by atoms with Crippen LogP contribution in [0.5, 0.6) is 5.75 Å². The van der Waals surface area contributed by atoms with E-state index < -0.39 is 0 Å². The van der Waals surface area contributed by atoms with Crippen molar-refractivity contribution >= 4 is 45.7 Å². The zero-order valence-corrected chi connectivity index (χ0v) is 22.2. The molecule has 0 bridgehead atoms. The number of rotatable bonds is 9. The van der Waals surface area contributed by atoms with Crippen molar-refractivity contribution in [2.75, 3.05) is 18.2 Å². The van der Waals surface area contributed by atoms with Gasteiger partial charge in [0, 0.05) is 33.8 Å². The predicted molar refractivity (Wildman–Crippen MR) is 149 cm³/mol. The first-order valence-electron chi connectivity index (χ1n) is 11.4. The highest BCUT2D eigenvalue weighted by atomic mass is 35.5. The first kappa shape index (κ1) is 25.0. The number of amides is 1. The second kappa shape index (κ2) is 11.6. The summed E-state index contributed by atoms with van der Waals surface area (Å²) in [7, 11) is 1.63. The van der Waals surface area contributed by atoms with E-state index in [2.05, 4.69) is 20.5 Å². The van der Waals surface area contributed by atoms with E-state index in [9.17, 15) is 4.79 Å². The Morgan fingerprint density at radius 3 is 2.54 bits per heavy atom. The van der Waals surface area contributed by atoms with Crippen molar-refractivity contribution in [3.05, 3.63) is 101 Å². The van der Waals surface area contributed by atoms with E-state index in [1.807, 2.05) is 83.4 Å². The maximum absolute atomic E-state index is 12.7. The first-order valence-corrected chi connectivity index (χ1v) is 13.5. The summed E-state index contributed by atoms with van der Waals surface area (Å²) < 4.78 is 7.22. The Labute approximate surface area is 227 Å². The van der Waals surface area contributed by atoms with Gasteiger partial charge in [-0.1, -0.05) is 59.8 Å². The fourth-order valence-electron chi connectivity index (χ4n) is 3.66. The number of halogens is 1. The lowest BCUT2D eigenvalue weighted by Gasteiger charge is -2.10. The number of carbonyl (C=O) groups excluding carboxylic acids is 1. The molecule has 0 spiro atoms. The zero-order valence-electron chi connectivity index (χ0n) is 19.8. The molecule has 0 fully saturated rings. The molecule has 0 saturated carbocycles. The molecule has 186 valence electrons. The maximum atomic E-state index is 12.7. The fourth-order valence-corrected chi connectivity index (χ4v) is 5.47. The summed E-state index contributed by atoms with van der Waals surface area (Å²) in [6, 6.07) is 25.2. The number of ether oxygens (including phenoxy) is 1. The van der Waals surface area contributed by atoms with E-state index in [-0.39, 0.29) is 11.7 Å². The van der Waals surface area contributed by atoms with Gasteiger partial charge in [0.25, 0.3) is 0 Å². The van der Waals surface area contributed by atoms with E-state index in [4.69, 9.17) is 16.3 Å². The monoisotopic (exact) mass is 547 g/mol. The molecular weight excluding hydrogens is 526 g/mol. The van der Waals surface area contributed by atoms with Crippen molar-refractivity contribution in [3.8, 4) is 22.8 Å². The van der Waals surface area contributed by atoms with E-state index >= 15 is 0 Å². The van der Waals surface area contributed by atoms with Crippen LogP contribution in [0.15, 0.2) is 90.2 Å². The van der Waals surface area contributed by atoms with Crippen LogP contribution in [0, 0.1) is 0 Å². The zero-order chi connectivity index (χ0) is 25.6. The Morgan fingerprint density at radius 2 is 1.78 bits per heavy atom. The largest absolute Gasteiger partial charge is 0.497 e. The van der Waals surface area contributed by atoms with E-state index in [0.717, 1.165) is 32.5 Å². The van der Waals surface area contributed by atoms with Crippen molar-refractivity contribution in [1.82, 2.24) is 19.7 Å². The number of nitrogens with one attached hydrogen (secondary N) is 1. The van der Waals surface area contributed by atoms with E-state index in [1.54, 1.807) is 13.3 Å². The van der Waals surface area contributed by atoms with Crippen LogP contribution < -0.4 is 10.1 Å². The van der Waals surface area contributed by atoms with Gasteiger partial charge < -0.3 is 10.1 Å². The summed E-state index contributed by atoms with van der Waals surface area (Å²) >= 11 is 9.02. The number of para-hydroxylation sites is 1. The van der Waals surface area contributed by atoms with E-state index in [0.29, 0.717) is 22.5 Å². The highest BCUT2D eigenvalue weighted by molar-refractivity contribution is 7.99. The Morgan fingerprint density at radius 1 is 1.03 bits per heavy atom. The van der Waals surface area contributed by atoms with Gasteiger partial charge in [0.1, 0.15) is 5.75 Å². The van der Waals surface area contributed by atoms with Gasteiger partial charge in [0.15, 0.2) is 16.1 Å². The van der Waals surface area contributed by atoms with Crippen LogP contribution in [0.1, 0.15) is 10.4 Å². The third kappa shape index (κ3) is 6.02. The summed E-state index contributed by atoms with van der Waals surface area (Å²) in [5.74, 6) is 1.43. The minimum absolute atomic E-state index is 0.160. The summed E-state index contributed by atoms with van der Waals surface area (Å²) in [6.45, 7) is 0. The average Bonchev–Trinajstić information content (AvgIpc) is 3.56. The highest BCUT2D eigenvalue weighted by Crippen LogP contribution is 2.29. The summed E-state index contributed by atoms with van der Waals surface area (Å²) in [6.07, 6.45) is 2.43. The van der Waals surface area contributed by atoms with E-state index in [1.165, 1.54) is 23.1 Å². The molecule has 5 aromatic rings. The number of aromatic nitrogens is 4. The Hall–Kier alpha value is -3.66. The van der Waals surface area contributed by atoms with Crippen LogP contribution in [-0.2, 0) is 11.2 Å². The van der Waals surface area contributed by atoms with Crippen LogP contribution in [0.4, 0.5) is 5.13 Å². The molecule has 0 unspecified atom stereocenters. The lowest BCUT2D eigenvalue weighted by Crippen LogP contribution is -2.14. The topological polar surface area (TPSA) is 81.9 Å². The number of hydrogen-bond donors (Lipinski definition) is 1. The van der Waals surface area contributed by atoms with Gasteiger partial charge >= 0.3 is 0 Å². The number of benzene rings is 3. The average molecular weight is 548 g/mol. The third-order valence-electron chi connectivity index (χ3n) is 5.45. The number of carbonyl (C=O) groups is 1. The second-order valence-electron chi connectivity index (χ2n) is 7.94. The summed E-state index contributed by atoms with van der Waals surface area (Å²) in [4.78, 5) is 18.1. The number of hydrogen-bond acceptors (Lipinski definition) is 7. The molecule has 10 heteroatoms. The number of nitrogens with zero attached hydrogens (tertiary/aromatic N) is 4. The fraction of sp³-hybridized carbons (Fsp3) is 0.111. The molecule has 1 N–H and O–H groups in total. The number of thioether (sulfide) groups is 1. The minimum atomic E-state index is -0.169. The third-order valence-corrected chi connectivity index (χ3v) is 7.66. The van der Waals surface area contributed by atoms with Crippen molar-refractivity contribution in [1.29, 1.82) is 0 Å². The number of thiazole rings is 1. The molecule has 0 radical (unpaired) electrons. The molecule has 0 aliphatic heterocycles. The smallest absolute Gasteiger partial charge is 0.236 e. The van der Waals surface area contributed by atoms with Crippen LogP contribution in [0.25, 0.3) is 17.1 Å². The maximum Gasteiger partial charge on any atom is 0.236 e. The predicted octanol–water partition coefficient (Wildman–Crippen LogP) is 6.37. The molecule has 0 aliphatic carbocycles. The van der Waals surface area contributed by atoms with Crippen molar-refractivity contribution in [3.63, 3.8) is 0 Å². The standard InChI is InChI=1S/C27H22ClN5O2S2/c1-35-21-13-11-18(12-14-21)25-31-32-27(33(25)20-8-3-2-4-9-20)36-17-24(34)30-26-29-16-22(37-26)15-19-7-5-6-10-23(19)28/h2-14,16H,15,17H2,1H3,(H,29,30,34). The van der Waals surface area contributed by atoms with Crippen LogP contribution in [-0.4, -0.2) is 38.5 Å². The van der Waals surface area contributed by atoms with Crippen LogP contribution in [0.2, 0.25) is 5.02 Å². The van der Waals surface area contributed by atoms with Crippen molar-refractivity contribution in [2.45, 2.75) is 11.6 Å². The Kier molecular flexibility index (Phi) is 7.84. The van der Waals surface area contributed by atoms with Gasteiger partial charge in [-0.2, -0.15) is 0 Å². The molecular formula is C27H22ClN5O2S2. The van der Waals surface area contributed by atoms with Crippen LogP contribution >= 0.6 is 34.7 Å². The Bertz CT molecular complexity index is 1500. The summed E-state index contributed by atoms with van der Waals surface area (Å²) in [5.41, 5.74) is 2.82. The molecule has 0 atom stereocenters. The van der Waals surface area contributed by atoms with Gasteiger partial charge in [-0.15, -0.1) is 21.5 Å². The molecule has 7 nitrogen and oxygen atoms in total. The van der Waals surface area contributed by atoms with Gasteiger partial charge in [0.05, 0.1) is 12.9 Å². The number of methoxy groups -OCH3 is 1. The van der Waals surface area contributed by atoms with Gasteiger partial charge in [-0.25, -0.2) is 4.98 Å². The molecule has 3 aromatic carbocycles. The molecule has 1 amide bonds. The van der Waals surface area contributed by atoms with Gasteiger partial charge in [-0.3, -0.25) is 9.36 Å². The molecule has 0 saturated heterocycles. The highest BCUT2D eigenvalue weighted by Gasteiger charge is 2.18. The SMILES string of the molecule is COc1ccc(-c2nnc(SCC(=O)Nc3ncc(Cc4ccccc4Cl)s3)n2-c2ccccc2)cc1. The van der Waals surface area contributed by atoms with Gasteiger partial charge in [-0.05, 0) is 48.0 Å².